The summed E-state index contributed by atoms with van der Waals surface area (Å²) in [7, 11) is 1.66. The van der Waals surface area contributed by atoms with Crippen molar-refractivity contribution in [2.75, 3.05) is 7.11 Å². The van der Waals surface area contributed by atoms with E-state index in [9.17, 15) is 4.79 Å². The zero-order chi connectivity index (χ0) is 11.0. The molecule has 15 heavy (non-hydrogen) atoms. The molecule has 1 aliphatic carbocycles. The Labute approximate surface area is 90.3 Å². The number of Topliss-reactive ketones (excluding diaryl/α,β-unsaturated/α-hetero) is 1. The van der Waals surface area contributed by atoms with Crippen molar-refractivity contribution in [1.82, 2.24) is 0 Å². The standard InChI is InChI=1S/C13H16O2/c1-8-12(9(2)13(8)14)10-4-6-11(15-3)7-5-10/h4-9,12H,1-3H3. The Balaban J connectivity index is 2.20. The Morgan fingerprint density at radius 1 is 1.07 bits per heavy atom. The lowest BCUT2D eigenvalue weighted by atomic mass is 9.62. The van der Waals surface area contributed by atoms with Gasteiger partial charge in [0.2, 0.25) is 0 Å². The highest BCUT2D eigenvalue weighted by atomic mass is 16.5. The molecule has 2 rings (SSSR count). The number of carbonyl (C=O) groups is 1. The van der Waals surface area contributed by atoms with Gasteiger partial charge in [0.25, 0.3) is 0 Å². The molecule has 1 aliphatic rings. The first-order chi connectivity index (χ1) is 7.15. The van der Waals surface area contributed by atoms with E-state index in [1.165, 1.54) is 5.56 Å². The van der Waals surface area contributed by atoms with Crippen LogP contribution in [0.15, 0.2) is 24.3 Å². The molecule has 80 valence electrons. The Kier molecular flexibility index (Phi) is 2.51. The number of rotatable bonds is 2. The third-order valence-electron chi connectivity index (χ3n) is 3.48. The van der Waals surface area contributed by atoms with Crippen molar-refractivity contribution >= 4 is 5.78 Å². The van der Waals surface area contributed by atoms with Gasteiger partial charge in [-0.05, 0) is 17.7 Å². The van der Waals surface area contributed by atoms with Crippen LogP contribution in [0.4, 0.5) is 0 Å². The summed E-state index contributed by atoms with van der Waals surface area (Å²) in [5.74, 6) is 1.99. The Hall–Kier alpha value is -1.31. The normalized spacial score (nSPS) is 29.8. The van der Waals surface area contributed by atoms with E-state index >= 15 is 0 Å². The van der Waals surface area contributed by atoms with Gasteiger partial charge in [-0.25, -0.2) is 0 Å². The zero-order valence-electron chi connectivity index (χ0n) is 9.36. The molecule has 1 saturated carbocycles. The van der Waals surface area contributed by atoms with Crippen molar-refractivity contribution in [2.45, 2.75) is 19.8 Å². The fourth-order valence-electron chi connectivity index (χ4n) is 2.49. The lowest BCUT2D eigenvalue weighted by Crippen LogP contribution is -2.42. The Morgan fingerprint density at radius 3 is 2.07 bits per heavy atom. The predicted molar refractivity (Wildman–Crippen MR) is 59.1 cm³/mol. The molecule has 2 unspecified atom stereocenters. The molecule has 1 fully saturated rings. The van der Waals surface area contributed by atoms with Crippen LogP contribution in [-0.4, -0.2) is 12.9 Å². The molecular weight excluding hydrogens is 188 g/mol. The summed E-state index contributed by atoms with van der Waals surface area (Å²) < 4.78 is 5.11. The maximum Gasteiger partial charge on any atom is 0.139 e. The average Bonchev–Trinajstić information content (AvgIpc) is 2.30. The molecular formula is C13H16O2. The second kappa shape index (κ2) is 3.69. The van der Waals surface area contributed by atoms with Gasteiger partial charge in [-0.15, -0.1) is 0 Å². The second-order valence-electron chi connectivity index (χ2n) is 4.28. The van der Waals surface area contributed by atoms with Crippen LogP contribution in [0.2, 0.25) is 0 Å². The van der Waals surface area contributed by atoms with Crippen LogP contribution in [-0.2, 0) is 4.79 Å². The minimum absolute atomic E-state index is 0.174. The maximum atomic E-state index is 11.4. The number of ketones is 1. The quantitative estimate of drug-likeness (QED) is 0.740. The summed E-state index contributed by atoms with van der Waals surface area (Å²) in [5, 5.41) is 0. The fraction of sp³-hybridized carbons (Fsp3) is 0.462. The van der Waals surface area contributed by atoms with Gasteiger partial charge < -0.3 is 4.74 Å². The number of carbonyl (C=O) groups excluding carboxylic acids is 1. The van der Waals surface area contributed by atoms with Gasteiger partial charge in [0, 0.05) is 17.8 Å². The van der Waals surface area contributed by atoms with Gasteiger partial charge >= 0.3 is 0 Å². The third-order valence-corrected chi connectivity index (χ3v) is 3.48. The minimum Gasteiger partial charge on any atom is -0.497 e. The monoisotopic (exact) mass is 204 g/mol. The maximum absolute atomic E-state index is 11.4. The highest BCUT2D eigenvalue weighted by Crippen LogP contribution is 2.44. The summed E-state index contributed by atoms with van der Waals surface area (Å²) in [6.07, 6.45) is 0. The van der Waals surface area contributed by atoms with Crippen LogP contribution < -0.4 is 4.74 Å². The molecule has 0 aliphatic heterocycles. The van der Waals surface area contributed by atoms with Crippen LogP contribution in [0.1, 0.15) is 25.3 Å². The molecule has 2 heteroatoms. The zero-order valence-corrected chi connectivity index (χ0v) is 9.36. The first kappa shape index (κ1) is 10.2. The van der Waals surface area contributed by atoms with E-state index in [2.05, 4.69) is 12.1 Å². The second-order valence-corrected chi connectivity index (χ2v) is 4.28. The number of benzene rings is 1. The summed E-state index contributed by atoms with van der Waals surface area (Å²) in [5.41, 5.74) is 1.25. The topological polar surface area (TPSA) is 26.3 Å². The van der Waals surface area contributed by atoms with Gasteiger partial charge in [0.1, 0.15) is 11.5 Å². The summed E-state index contributed by atoms with van der Waals surface area (Å²) in [6.45, 7) is 4.02. The SMILES string of the molecule is COc1ccc(C2C(C)C(=O)C2C)cc1. The van der Waals surface area contributed by atoms with Crippen LogP contribution in [0, 0.1) is 11.8 Å². The predicted octanol–water partition coefficient (Wildman–Crippen LogP) is 2.63. The van der Waals surface area contributed by atoms with E-state index in [4.69, 9.17) is 4.74 Å². The van der Waals surface area contributed by atoms with Gasteiger partial charge in [-0.1, -0.05) is 26.0 Å². The molecule has 0 bridgehead atoms. The summed E-state index contributed by atoms with van der Waals surface area (Å²) in [6, 6.07) is 8.03. The molecule has 0 aromatic heterocycles. The first-order valence-corrected chi connectivity index (χ1v) is 5.33. The van der Waals surface area contributed by atoms with Crippen LogP contribution >= 0.6 is 0 Å². The van der Waals surface area contributed by atoms with E-state index in [1.807, 2.05) is 26.0 Å². The van der Waals surface area contributed by atoms with E-state index in [1.54, 1.807) is 7.11 Å². The Morgan fingerprint density at radius 2 is 1.60 bits per heavy atom. The molecule has 0 saturated heterocycles. The smallest absolute Gasteiger partial charge is 0.139 e. The molecule has 1 aromatic rings. The lowest BCUT2D eigenvalue weighted by Gasteiger charge is -2.39. The van der Waals surface area contributed by atoms with Crippen LogP contribution in [0.3, 0.4) is 0 Å². The largest absolute Gasteiger partial charge is 0.497 e. The summed E-state index contributed by atoms with van der Waals surface area (Å²) in [4.78, 5) is 11.4. The molecule has 0 heterocycles. The minimum atomic E-state index is 0.174. The molecule has 0 spiro atoms. The number of hydrogen-bond acceptors (Lipinski definition) is 2. The number of methoxy groups -OCH3 is 1. The van der Waals surface area contributed by atoms with E-state index in [-0.39, 0.29) is 11.8 Å². The molecule has 0 radical (unpaired) electrons. The highest BCUT2D eigenvalue weighted by Gasteiger charge is 2.44. The van der Waals surface area contributed by atoms with Crippen molar-refractivity contribution in [1.29, 1.82) is 0 Å². The summed E-state index contributed by atoms with van der Waals surface area (Å²) >= 11 is 0. The molecule has 2 nitrogen and oxygen atoms in total. The van der Waals surface area contributed by atoms with E-state index in [0.29, 0.717) is 11.7 Å². The molecule has 0 amide bonds. The van der Waals surface area contributed by atoms with Gasteiger partial charge in [0.15, 0.2) is 0 Å². The molecule has 0 N–H and O–H groups in total. The molecule has 2 atom stereocenters. The first-order valence-electron chi connectivity index (χ1n) is 5.33. The van der Waals surface area contributed by atoms with Crippen molar-refractivity contribution in [2.24, 2.45) is 11.8 Å². The third kappa shape index (κ3) is 1.54. The lowest BCUT2D eigenvalue weighted by molar-refractivity contribution is -0.136. The van der Waals surface area contributed by atoms with Gasteiger partial charge in [0.05, 0.1) is 7.11 Å². The van der Waals surface area contributed by atoms with Gasteiger partial charge in [-0.3, -0.25) is 4.79 Å². The van der Waals surface area contributed by atoms with E-state index < -0.39 is 0 Å². The highest BCUT2D eigenvalue weighted by molar-refractivity contribution is 5.91. The van der Waals surface area contributed by atoms with Crippen LogP contribution in [0.5, 0.6) is 5.75 Å². The fourth-order valence-corrected chi connectivity index (χ4v) is 2.49. The number of ether oxygens (including phenoxy) is 1. The number of hydrogen-bond donors (Lipinski definition) is 0. The van der Waals surface area contributed by atoms with Gasteiger partial charge in [-0.2, -0.15) is 0 Å². The van der Waals surface area contributed by atoms with Crippen LogP contribution in [0.25, 0.3) is 0 Å². The van der Waals surface area contributed by atoms with E-state index in [0.717, 1.165) is 5.75 Å². The van der Waals surface area contributed by atoms with Crippen molar-refractivity contribution < 1.29 is 9.53 Å². The Bertz CT molecular complexity index is 355. The van der Waals surface area contributed by atoms with Crippen molar-refractivity contribution in [3.63, 3.8) is 0 Å². The molecule has 1 aromatic carbocycles. The van der Waals surface area contributed by atoms with Crippen molar-refractivity contribution in [3.8, 4) is 5.75 Å². The van der Waals surface area contributed by atoms with Crippen molar-refractivity contribution in [3.05, 3.63) is 29.8 Å². The average molecular weight is 204 g/mol.